The van der Waals surface area contributed by atoms with E-state index in [1.807, 2.05) is 50.2 Å². The molecular formula is C26H32N2O5. The maximum absolute atomic E-state index is 13.1. The maximum Gasteiger partial charge on any atom is 0.407 e. The van der Waals surface area contributed by atoms with E-state index in [0.29, 0.717) is 6.42 Å². The Morgan fingerprint density at radius 3 is 2.03 bits per heavy atom. The van der Waals surface area contributed by atoms with Crippen LogP contribution in [0.25, 0.3) is 11.1 Å². The van der Waals surface area contributed by atoms with Gasteiger partial charge in [0.25, 0.3) is 0 Å². The van der Waals surface area contributed by atoms with Gasteiger partial charge in [0.1, 0.15) is 18.7 Å². The molecule has 0 radical (unpaired) electrons. The minimum absolute atomic E-state index is 0.0833. The predicted octanol–water partition coefficient (Wildman–Crippen LogP) is 4.26. The van der Waals surface area contributed by atoms with Crippen LogP contribution in [0.4, 0.5) is 4.79 Å². The quantitative estimate of drug-likeness (QED) is 0.593. The zero-order chi connectivity index (χ0) is 24.1. The second kappa shape index (κ2) is 10.5. The number of ether oxygens (including phenoxy) is 1. The van der Waals surface area contributed by atoms with E-state index in [1.165, 1.54) is 11.8 Å². The van der Waals surface area contributed by atoms with E-state index in [0.717, 1.165) is 22.3 Å². The Morgan fingerprint density at radius 2 is 1.55 bits per heavy atom. The lowest BCUT2D eigenvalue weighted by Crippen LogP contribution is -2.55. The maximum atomic E-state index is 13.1. The Bertz CT molecular complexity index is 976. The van der Waals surface area contributed by atoms with Gasteiger partial charge in [-0.3, -0.25) is 4.79 Å². The van der Waals surface area contributed by atoms with Crippen LogP contribution in [0.2, 0.25) is 0 Å². The molecule has 0 heterocycles. The molecule has 1 aliphatic carbocycles. The molecule has 0 saturated carbocycles. The van der Waals surface area contributed by atoms with Crippen LogP contribution in [0.3, 0.4) is 0 Å². The Morgan fingerprint density at radius 1 is 1.00 bits per heavy atom. The molecule has 7 heteroatoms. The van der Waals surface area contributed by atoms with E-state index in [1.54, 1.807) is 6.92 Å². The highest BCUT2D eigenvalue weighted by Crippen LogP contribution is 2.44. The van der Waals surface area contributed by atoms with Crippen LogP contribution in [0.15, 0.2) is 48.5 Å². The minimum Gasteiger partial charge on any atom is -0.480 e. The first-order chi connectivity index (χ1) is 15.8. The summed E-state index contributed by atoms with van der Waals surface area (Å²) in [5.74, 6) is -1.78. The van der Waals surface area contributed by atoms with Gasteiger partial charge in [0.15, 0.2) is 0 Å². The monoisotopic (exact) mass is 452 g/mol. The number of nitrogens with one attached hydrogen (secondary N) is 1. The summed E-state index contributed by atoms with van der Waals surface area (Å²) in [6.45, 7) is 7.33. The van der Waals surface area contributed by atoms with Crippen molar-refractivity contribution in [3.8, 4) is 11.1 Å². The number of alkyl carbamates (subject to hydrolysis) is 1. The van der Waals surface area contributed by atoms with Gasteiger partial charge in [0.2, 0.25) is 5.91 Å². The van der Waals surface area contributed by atoms with Crippen LogP contribution >= 0.6 is 0 Å². The van der Waals surface area contributed by atoms with E-state index in [2.05, 4.69) is 17.4 Å². The molecule has 2 aromatic carbocycles. The molecular weight excluding hydrogens is 420 g/mol. The summed E-state index contributed by atoms with van der Waals surface area (Å²) in [5, 5.41) is 12.1. The van der Waals surface area contributed by atoms with E-state index in [4.69, 9.17) is 4.74 Å². The normalized spacial score (nSPS) is 15.0. The van der Waals surface area contributed by atoms with Crippen LogP contribution in [0.1, 0.15) is 51.2 Å². The summed E-state index contributed by atoms with van der Waals surface area (Å²) in [4.78, 5) is 38.6. The van der Waals surface area contributed by atoms with Gasteiger partial charge in [-0.05, 0) is 42.0 Å². The number of benzene rings is 2. The first-order valence-electron chi connectivity index (χ1n) is 11.4. The van der Waals surface area contributed by atoms with E-state index in [9.17, 15) is 19.5 Å². The van der Waals surface area contributed by atoms with Crippen LogP contribution in [-0.4, -0.2) is 53.2 Å². The molecule has 3 rings (SSSR count). The molecule has 2 aromatic rings. The molecule has 0 aliphatic heterocycles. The number of carboxylic acids is 1. The van der Waals surface area contributed by atoms with E-state index < -0.39 is 30.1 Å². The zero-order valence-electron chi connectivity index (χ0n) is 19.6. The van der Waals surface area contributed by atoms with Crippen molar-refractivity contribution in [2.24, 2.45) is 5.92 Å². The molecule has 2 N–H and O–H groups in total. The molecule has 1 unspecified atom stereocenters. The fourth-order valence-electron chi connectivity index (χ4n) is 4.38. The van der Waals surface area contributed by atoms with Crippen molar-refractivity contribution < 1.29 is 24.2 Å². The first kappa shape index (κ1) is 24.3. The van der Waals surface area contributed by atoms with Gasteiger partial charge < -0.3 is 20.1 Å². The van der Waals surface area contributed by atoms with Crippen molar-refractivity contribution in [1.82, 2.24) is 10.2 Å². The van der Waals surface area contributed by atoms with Crippen molar-refractivity contribution in [3.05, 3.63) is 59.7 Å². The number of carbonyl (C=O) groups is 3. The third-order valence-corrected chi connectivity index (χ3v) is 6.54. The number of nitrogens with zero attached hydrogens (tertiary/aromatic N) is 1. The SMILES string of the molecule is CC[C@H](C)[C@H](NC(=O)OCC1c2ccccc2-c2ccccc21)C(=O)N(CC)C(C)C(=O)O. The van der Waals surface area contributed by atoms with Crippen LogP contribution < -0.4 is 5.32 Å². The molecule has 176 valence electrons. The van der Waals surface area contributed by atoms with Crippen LogP contribution in [-0.2, 0) is 14.3 Å². The number of aliphatic carboxylic acids is 1. The van der Waals surface area contributed by atoms with E-state index >= 15 is 0 Å². The molecule has 0 fully saturated rings. The fourth-order valence-corrected chi connectivity index (χ4v) is 4.38. The van der Waals surface area contributed by atoms with Gasteiger partial charge in [-0.2, -0.15) is 0 Å². The van der Waals surface area contributed by atoms with Crippen LogP contribution in [0.5, 0.6) is 0 Å². The van der Waals surface area contributed by atoms with Crippen molar-refractivity contribution in [3.63, 3.8) is 0 Å². The highest BCUT2D eigenvalue weighted by Gasteiger charge is 2.35. The van der Waals surface area contributed by atoms with Crippen molar-refractivity contribution in [2.75, 3.05) is 13.2 Å². The molecule has 0 spiro atoms. The zero-order valence-corrected chi connectivity index (χ0v) is 19.6. The molecule has 0 aromatic heterocycles. The molecule has 7 nitrogen and oxygen atoms in total. The molecule has 0 saturated heterocycles. The third-order valence-electron chi connectivity index (χ3n) is 6.54. The fraction of sp³-hybridized carbons (Fsp3) is 0.423. The predicted molar refractivity (Wildman–Crippen MR) is 126 cm³/mol. The summed E-state index contributed by atoms with van der Waals surface area (Å²) in [6.07, 6.45) is -0.0476. The Kier molecular flexibility index (Phi) is 7.74. The highest BCUT2D eigenvalue weighted by molar-refractivity contribution is 5.89. The Labute approximate surface area is 194 Å². The van der Waals surface area contributed by atoms with Crippen molar-refractivity contribution in [2.45, 2.75) is 52.1 Å². The topological polar surface area (TPSA) is 95.9 Å². The number of fused-ring (bicyclic) bond motifs is 3. The third kappa shape index (κ3) is 5.02. The summed E-state index contributed by atoms with van der Waals surface area (Å²) >= 11 is 0. The minimum atomic E-state index is -1.09. The summed E-state index contributed by atoms with van der Waals surface area (Å²) in [7, 11) is 0. The number of hydrogen-bond acceptors (Lipinski definition) is 4. The number of hydrogen-bond donors (Lipinski definition) is 2. The van der Waals surface area contributed by atoms with Gasteiger partial charge in [-0.1, -0.05) is 68.8 Å². The molecule has 1 aliphatic rings. The molecule has 2 amide bonds. The number of carboxylic acid groups (broad SMARTS) is 1. The number of carbonyl (C=O) groups excluding carboxylic acids is 2. The molecule has 33 heavy (non-hydrogen) atoms. The number of rotatable bonds is 9. The summed E-state index contributed by atoms with van der Waals surface area (Å²) in [5.41, 5.74) is 4.48. The summed E-state index contributed by atoms with van der Waals surface area (Å²) < 4.78 is 5.60. The standard InChI is InChI=1S/C26H32N2O5/c1-5-16(3)23(24(29)28(6-2)17(4)25(30)31)27-26(32)33-15-22-20-13-9-7-11-18(20)19-12-8-10-14-21(19)22/h7-14,16-17,22-23H,5-6,15H2,1-4H3,(H,27,32)(H,30,31)/t16-,17?,23-/m0/s1. The van der Waals surface area contributed by atoms with Gasteiger partial charge in [-0.25, -0.2) is 9.59 Å². The second-order valence-electron chi connectivity index (χ2n) is 8.47. The molecule has 3 atom stereocenters. The first-order valence-corrected chi connectivity index (χ1v) is 11.4. The number of amides is 2. The second-order valence-corrected chi connectivity index (χ2v) is 8.47. The lowest BCUT2D eigenvalue weighted by Gasteiger charge is -2.32. The lowest BCUT2D eigenvalue weighted by atomic mass is 9.97. The van der Waals surface area contributed by atoms with Gasteiger partial charge in [0.05, 0.1) is 0 Å². The lowest BCUT2D eigenvalue weighted by molar-refractivity contribution is -0.150. The highest BCUT2D eigenvalue weighted by atomic mass is 16.5. The van der Waals surface area contributed by atoms with Gasteiger partial charge >= 0.3 is 12.1 Å². The average molecular weight is 453 g/mol. The smallest absolute Gasteiger partial charge is 0.407 e. The van der Waals surface area contributed by atoms with E-state index in [-0.39, 0.29) is 25.0 Å². The van der Waals surface area contributed by atoms with Crippen molar-refractivity contribution in [1.29, 1.82) is 0 Å². The Balaban J connectivity index is 1.73. The summed E-state index contributed by atoms with van der Waals surface area (Å²) in [6, 6.07) is 14.3. The van der Waals surface area contributed by atoms with Crippen molar-refractivity contribution >= 4 is 18.0 Å². The average Bonchev–Trinajstić information content (AvgIpc) is 3.14. The molecule has 0 bridgehead atoms. The van der Waals surface area contributed by atoms with Gasteiger partial charge in [-0.15, -0.1) is 0 Å². The largest absolute Gasteiger partial charge is 0.480 e. The Hall–Kier alpha value is -3.35. The number of likely N-dealkylation sites (N-methyl/N-ethyl adjacent to an activating group) is 1. The van der Waals surface area contributed by atoms with Gasteiger partial charge in [0, 0.05) is 12.5 Å². The van der Waals surface area contributed by atoms with Crippen LogP contribution in [0, 0.1) is 5.92 Å².